The Balaban J connectivity index is 1.79. The van der Waals surface area contributed by atoms with Gasteiger partial charge in [0, 0.05) is 10.7 Å². The molecule has 8 heteroatoms. The van der Waals surface area contributed by atoms with Crippen LogP contribution in [0.3, 0.4) is 0 Å². The van der Waals surface area contributed by atoms with Crippen molar-refractivity contribution in [2.24, 2.45) is 0 Å². The number of amides is 1. The summed E-state index contributed by atoms with van der Waals surface area (Å²) in [6.45, 7) is 4.02. The Hall–Kier alpha value is -1.60. The Morgan fingerprint density at radius 3 is 2.76 bits per heavy atom. The standard InChI is InChI=1S/C13H16ClN5OS/c1-9(2)19-12(16-17-18-19)7-21-8-13(20)15-11-5-3-10(14)4-6-11/h3-6,9H,7-8H2,1-2H3,(H,15,20). The van der Waals surface area contributed by atoms with E-state index in [0.717, 1.165) is 11.5 Å². The predicted molar refractivity (Wildman–Crippen MR) is 84.4 cm³/mol. The van der Waals surface area contributed by atoms with Crippen molar-refractivity contribution in [3.05, 3.63) is 35.1 Å². The van der Waals surface area contributed by atoms with Gasteiger partial charge in [-0.05, 0) is 48.5 Å². The molecule has 0 aliphatic rings. The van der Waals surface area contributed by atoms with Crippen LogP contribution in [0, 0.1) is 0 Å². The molecule has 1 N–H and O–H groups in total. The number of aromatic nitrogens is 4. The average molecular weight is 326 g/mol. The first-order valence-electron chi connectivity index (χ1n) is 6.46. The molecule has 0 unspecified atom stereocenters. The van der Waals surface area contributed by atoms with Crippen molar-refractivity contribution in [1.82, 2.24) is 20.2 Å². The number of carbonyl (C=O) groups is 1. The molecule has 0 spiro atoms. The molecule has 1 heterocycles. The molecule has 0 saturated heterocycles. The zero-order chi connectivity index (χ0) is 15.2. The van der Waals surface area contributed by atoms with E-state index in [2.05, 4.69) is 20.8 Å². The van der Waals surface area contributed by atoms with Crippen LogP contribution in [0.2, 0.25) is 5.02 Å². The van der Waals surface area contributed by atoms with E-state index in [-0.39, 0.29) is 11.9 Å². The molecule has 2 rings (SSSR count). The maximum atomic E-state index is 11.8. The fourth-order valence-electron chi connectivity index (χ4n) is 1.67. The Labute approximate surface area is 132 Å². The van der Waals surface area contributed by atoms with Crippen molar-refractivity contribution in [2.45, 2.75) is 25.6 Å². The highest BCUT2D eigenvalue weighted by Crippen LogP contribution is 2.15. The van der Waals surface area contributed by atoms with Crippen LogP contribution in [-0.2, 0) is 10.5 Å². The number of thioether (sulfide) groups is 1. The minimum atomic E-state index is -0.0640. The van der Waals surface area contributed by atoms with E-state index < -0.39 is 0 Å². The van der Waals surface area contributed by atoms with Gasteiger partial charge in [0.15, 0.2) is 5.82 Å². The molecule has 112 valence electrons. The molecule has 0 bridgehead atoms. The van der Waals surface area contributed by atoms with Crippen molar-refractivity contribution >= 4 is 35.0 Å². The number of tetrazole rings is 1. The van der Waals surface area contributed by atoms with Gasteiger partial charge in [-0.25, -0.2) is 4.68 Å². The van der Waals surface area contributed by atoms with Gasteiger partial charge in [-0.1, -0.05) is 11.6 Å². The second-order valence-corrected chi connectivity index (χ2v) is 6.10. The smallest absolute Gasteiger partial charge is 0.234 e. The van der Waals surface area contributed by atoms with Crippen molar-refractivity contribution in [2.75, 3.05) is 11.1 Å². The minimum Gasteiger partial charge on any atom is -0.325 e. The number of carbonyl (C=O) groups excluding carboxylic acids is 1. The third-order valence-corrected chi connectivity index (χ3v) is 3.82. The fourth-order valence-corrected chi connectivity index (χ4v) is 2.53. The van der Waals surface area contributed by atoms with Crippen LogP contribution in [0.4, 0.5) is 5.69 Å². The highest BCUT2D eigenvalue weighted by molar-refractivity contribution is 7.99. The van der Waals surface area contributed by atoms with Crippen LogP contribution in [-0.4, -0.2) is 31.9 Å². The van der Waals surface area contributed by atoms with Crippen LogP contribution < -0.4 is 5.32 Å². The van der Waals surface area contributed by atoms with Crippen LogP contribution in [0.5, 0.6) is 0 Å². The first kappa shape index (κ1) is 15.8. The zero-order valence-corrected chi connectivity index (χ0v) is 13.4. The first-order valence-corrected chi connectivity index (χ1v) is 7.99. The van der Waals surface area contributed by atoms with E-state index >= 15 is 0 Å². The molecular formula is C13H16ClN5OS. The molecule has 0 aliphatic heterocycles. The first-order chi connectivity index (χ1) is 10.1. The summed E-state index contributed by atoms with van der Waals surface area (Å²) >= 11 is 7.26. The Kier molecular flexibility index (Phi) is 5.58. The number of hydrogen-bond acceptors (Lipinski definition) is 5. The Morgan fingerprint density at radius 2 is 2.10 bits per heavy atom. The van der Waals surface area contributed by atoms with E-state index in [1.54, 1.807) is 28.9 Å². The molecule has 1 amide bonds. The number of nitrogens with one attached hydrogen (secondary N) is 1. The van der Waals surface area contributed by atoms with E-state index in [9.17, 15) is 4.79 Å². The van der Waals surface area contributed by atoms with Gasteiger partial charge in [0.05, 0.1) is 17.5 Å². The molecule has 0 radical (unpaired) electrons. The third-order valence-electron chi connectivity index (χ3n) is 2.64. The number of rotatable bonds is 6. The largest absolute Gasteiger partial charge is 0.325 e. The summed E-state index contributed by atoms with van der Waals surface area (Å²) < 4.78 is 1.75. The molecule has 1 aromatic heterocycles. The lowest BCUT2D eigenvalue weighted by Crippen LogP contribution is -2.14. The maximum absolute atomic E-state index is 11.8. The topological polar surface area (TPSA) is 72.7 Å². The van der Waals surface area contributed by atoms with Crippen LogP contribution in [0.25, 0.3) is 0 Å². The summed E-state index contributed by atoms with van der Waals surface area (Å²) in [5, 5.41) is 15.0. The minimum absolute atomic E-state index is 0.0640. The van der Waals surface area contributed by atoms with Gasteiger partial charge in [0.2, 0.25) is 5.91 Å². The summed E-state index contributed by atoms with van der Waals surface area (Å²) in [7, 11) is 0. The lowest BCUT2D eigenvalue weighted by molar-refractivity contribution is -0.113. The highest BCUT2D eigenvalue weighted by Gasteiger charge is 2.10. The van der Waals surface area contributed by atoms with E-state index in [4.69, 9.17) is 11.6 Å². The molecule has 0 aliphatic carbocycles. The fraction of sp³-hybridized carbons (Fsp3) is 0.385. The van der Waals surface area contributed by atoms with Crippen molar-refractivity contribution in [1.29, 1.82) is 0 Å². The monoisotopic (exact) mass is 325 g/mol. The van der Waals surface area contributed by atoms with Gasteiger partial charge in [-0.3, -0.25) is 4.79 Å². The summed E-state index contributed by atoms with van der Waals surface area (Å²) in [5.74, 6) is 1.65. The number of nitrogens with zero attached hydrogens (tertiary/aromatic N) is 4. The van der Waals surface area contributed by atoms with Gasteiger partial charge in [-0.15, -0.1) is 16.9 Å². The van der Waals surface area contributed by atoms with Crippen molar-refractivity contribution < 1.29 is 4.79 Å². The Bertz CT molecular complexity index is 599. The molecule has 0 saturated carbocycles. The van der Waals surface area contributed by atoms with Crippen LogP contribution in [0.15, 0.2) is 24.3 Å². The molecule has 2 aromatic rings. The van der Waals surface area contributed by atoms with Crippen LogP contribution >= 0.6 is 23.4 Å². The maximum Gasteiger partial charge on any atom is 0.234 e. The lowest BCUT2D eigenvalue weighted by atomic mass is 10.3. The van der Waals surface area contributed by atoms with Crippen molar-refractivity contribution in [3.63, 3.8) is 0 Å². The van der Waals surface area contributed by atoms with E-state index in [0.29, 0.717) is 16.5 Å². The zero-order valence-electron chi connectivity index (χ0n) is 11.8. The van der Waals surface area contributed by atoms with E-state index in [1.807, 2.05) is 13.8 Å². The summed E-state index contributed by atoms with van der Waals surface area (Å²) in [6, 6.07) is 7.22. The predicted octanol–water partition coefficient (Wildman–Crippen LogP) is 2.78. The lowest BCUT2D eigenvalue weighted by Gasteiger charge is -2.07. The quantitative estimate of drug-likeness (QED) is 0.884. The van der Waals surface area contributed by atoms with Gasteiger partial charge in [-0.2, -0.15) is 0 Å². The molecule has 0 atom stereocenters. The average Bonchev–Trinajstić information content (AvgIpc) is 2.90. The highest BCUT2D eigenvalue weighted by atomic mass is 35.5. The molecular weight excluding hydrogens is 310 g/mol. The van der Waals surface area contributed by atoms with E-state index in [1.165, 1.54) is 11.8 Å². The summed E-state index contributed by atoms with van der Waals surface area (Å²) in [4.78, 5) is 11.8. The SMILES string of the molecule is CC(C)n1nnnc1CSCC(=O)Nc1ccc(Cl)cc1. The third kappa shape index (κ3) is 4.71. The summed E-state index contributed by atoms with van der Waals surface area (Å²) in [6.07, 6.45) is 0. The second kappa shape index (κ2) is 7.42. The molecule has 21 heavy (non-hydrogen) atoms. The van der Waals surface area contributed by atoms with Crippen molar-refractivity contribution in [3.8, 4) is 0 Å². The van der Waals surface area contributed by atoms with Gasteiger partial charge in [0.25, 0.3) is 0 Å². The number of benzene rings is 1. The molecule has 6 nitrogen and oxygen atoms in total. The molecule has 1 aromatic carbocycles. The van der Waals surface area contributed by atoms with Gasteiger partial charge >= 0.3 is 0 Å². The number of halogens is 1. The summed E-state index contributed by atoms with van der Waals surface area (Å²) in [5.41, 5.74) is 0.733. The number of hydrogen-bond donors (Lipinski definition) is 1. The Morgan fingerprint density at radius 1 is 1.38 bits per heavy atom. The normalized spacial score (nSPS) is 10.9. The molecule has 0 fully saturated rings. The number of anilines is 1. The second-order valence-electron chi connectivity index (χ2n) is 4.68. The van der Waals surface area contributed by atoms with Gasteiger partial charge < -0.3 is 5.32 Å². The van der Waals surface area contributed by atoms with Crippen LogP contribution in [0.1, 0.15) is 25.7 Å². The van der Waals surface area contributed by atoms with Gasteiger partial charge in [0.1, 0.15) is 0 Å².